The Kier molecular flexibility index (Phi) is 5.50. The average Bonchev–Trinajstić information content (AvgIpc) is 2.35. The third kappa shape index (κ3) is 5.40. The Bertz CT molecular complexity index is 541. The van der Waals surface area contributed by atoms with Gasteiger partial charge < -0.3 is 10.6 Å². The van der Waals surface area contributed by atoms with Crippen LogP contribution >= 0.6 is 0 Å². The predicted octanol–water partition coefficient (Wildman–Crippen LogP) is 0.304. The number of benzene rings is 1. The molecule has 106 valence electrons. The fraction of sp³-hybridized carbons (Fsp3) is 0.462. The van der Waals surface area contributed by atoms with Crippen molar-refractivity contribution in [3.63, 3.8) is 0 Å². The van der Waals surface area contributed by atoms with Crippen molar-refractivity contribution in [3.05, 3.63) is 35.4 Å². The highest BCUT2D eigenvalue weighted by atomic mass is 32.2. The van der Waals surface area contributed by atoms with E-state index in [4.69, 9.17) is 5.73 Å². The molecule has 0 aliphatic rings. The minimum atomic E-state index is -3.06. The molecule has 6 heteroatoms. The van der Waals surface area contributed by atoms with Crippen LogP contribution in [0.3, 0.4) is 0 Å². The van der Waals surface area contributed by atoms with Crippen molar-refractivity contribution in [3.8, 4) is 0 Å². The quantitative estimate of drug-likeness (QED) is 0.815. The van der Waals surface area contributed by atoms with Crippen molar-refractivity contribution in [1.29, 1.82) is 0 Å². The molecule has 0 bridgehead atoms. The van der Waals surface area contributed by atoms with Crippen LogP contribution in [0.2, 0.25) is 0 Å². The fourth-order valence-corrected chi connectivity index (χ4v) is 2.26. The van der Waals surface area contributed by atoms with Gasteiger partial charge in [0.05, 0.1) is 5.75 Å². The number of sulfone groups is 1. The SMILES string of the molecule is CN(CCS(C)(=O)=O)C(=O)c1cccc(CCN)c1. The van der Waals surface area contributed by atoms with Gasteiger partial charge in [0.25, 0.3) is 5.91 Å². The summed E-state index contributed by atoms with van der Waals surface area (Å²) in [4.78, 5) is 13.5. The Balaban J connectivity index is 2.73. The number of carbonyl (C=O) groups is 1. The number of hydrogen-bond donors (Lipinski definition) is 1. The molecule has 0 radical (unpaired) electrons. The molecule has 2 N–H and O–H groups in total. The topological polar surface area (TPSA) is 80.5 Å². The Morgan fingerprint density at radius 2 is 2.05 bits per heavy atom. The van der Waals surface area contributed by atoms with Crippen LogP contribution in [-0.4, -0.2) is 51.4 Å². The largest absolute Gasteiger partial charge is 0.341 e. The molecule has 1 rings (SSSR count). The van der Waals surface area contributed by atoms with Crippen LogP contribution < -0.4 is 5.73 Å². The highest BCUT2D eigenvalue weighted by Gasteiger charge is 2.13. The molecule has 0 unspecified atom stereocenters. The number of nitrogens with two attached hydrogens (primary N) is 1. The van der Waals surface area contributed by atoms with Crippen LogP contribution in [0, 0.1) is 0 Å². The van der Waals surface area contributed by atoms with E-state index in [1.54, 1.807) is 19.2 Å². The molecule has 0 heterocycles. The van der Waals surface area contributed by atoms with Crippen molar-refractivity contribution in [2.45, 2.75) is 6.42 Å². The molecule has 0 atom stereocenters. The lowest BCUT2D eigenvalue weighted by atomic mass is 10.1. The van der Waals surface area contributed by atoms with Crippen molar-refractivity contribution in [2.24, 2.45) is 5.73 Å². The third-order valence-corrected chi connectivity index (χ3v) is 3.68. The van der Waals surface area contributed by atoms with Gasteiger partial charge in [0, 0.05) is 25.4 Å². The smallest absolute Gasteiger partial charge is 0.253 e. The summed E-state index contributed by atoms with van der Waals surface area (Å²) in [5, 5.41) is 0. The monoisotopic (exact) mass is 284 g/mol. The van der Waals surface area contributed by atoms with Gasteiger partial charge in [-0.1, -0.05) is 12.1 Å². The van der Waals surface area contributed by atoms with Crippen molar-refractivity contribution < 1.29 is 13.2 Å². The van der Waals surface area contributed by atoms with Crippen LogP contribution in [0.15, 0.2) is 24.3 Å². The van der Waals surface area contributed by atoms with Crippen LogP contribution in [-0.2, 0) is 16.3 Å². The van der Waals surface area contributed by atoms with Gasteiger partial charge in [0.15, 0.2) is 0 Å². The van der Waals surface area contributed by atoms with E-state index >= 15 is 0 Å². The zero-order valence-corrected chi connectivity index (χ0v) is 12.1. The standard InChI is InChI=1S/C13H20N2O3S/c1-15(8-9-19(2,17)18)13(16)12-5-3-4-11(10-12)6-7-14/h3-5,10H,6-9,14H2,1-2H3. The molecule has 0 saturated carbocycles. The van der Waals surface area contributed by atoms with Crippen molar-refractivity contribution in [1.82, 2.24) is 4.90 Å². The van der Waals surface area contributed by atoms with Gasteiger partial charge in [-0.05, 0) is 30.7 Å². The van der Waals surface area contributed by atoms with E-state index in [9.17, 15) is 13.2 Å². The first kappa shape index (κ1) is 15.7. The van der Waals surface area contributed by atoms with Gasteiger partial charge in [0.2, 0.25) is 0 Å². The molecule has 0 aromatic heterocycles. The van der Waals surface area contributed by atoms with Gasteiger partial charge in [-0.25, -0.2) is 8.42 Å². The summed E-state index contributed by atoms with van der Waals surface area (Å²) in [7, 11) is -1.46. The first-order valence-corrected chi connectivity index (χ1v) is 8.12. The van der Waals surface area contributed by atoms with Gasteiger partial charge in [-0.3, -0.25) is 4.79 Å². The first-order valence-electron chi connectivity index (χ1n) is 6.05. The molecule has 0 aliphatic heterocycles. The molecule has 0 fully saturated rings. The fourth-order valence-electron chi connectivity index (χ4n) is 1.65. The number of rotatable bonds is 6. The molecular weight excluding hydrogens is 264 g/mol. The molecule has 19 heavy (non-hydrogen) atoms. The number of hydrogen-bond acceptors (Lipinski definition) is 4. The van der Waals surface area contributed by atoms with Crippen molar-refractivity contribution >= 4 is 15.7 Å². The van der Waals surface area contributed by atoms with Gasteiger partial charge in [-0.2, -0.15) is 0 Å². The second-order valence-corrected chi connectivity index (χ2v) is 6.86. The zero-order valence-electron chi connectivity index (χ0n) is 11.3. The normalized spacial score (nSPS) is 11.3. The maximum Gasteiger partial charge on any atom is 0.253 e. The van der Waals surface area contributed by atoms with E-state index in [1.807, 2.05) is 12.1 Å². The van der Waals surface area contributed by atoms with E-state index in [0.29, 0.717) is 18.5 Å². The summed E-state index contributed by atoms with van der Waals surface area (Å²) in [5.41, 5.74) is 7.04. The summed E-state index contributed by atoms with van der Waals surface area (Å²) in [6.45, 7) is 0.723. The van der Waals surface area contributed by atoms with E-state index in [1.165, 1.54) is 4.90 Å². The molecular formula is C13H20N2O3S. The van der Waals surface area contributed by atoms with Gasteiger partial charge in [-0.15, -0.1) is 0 Å². The predicted molar refractivity (Wildman–Crippen MR) is 75.9 cm³/mol. The molecule has 1 aromatic rings. The average molecular weight is 284 g/mol. The Morgan fingerprint density at radius 1 is 1.37 bits per heavy atom. The molecule has 0 spiro atoms. The summed E-state index contributed by atoms with van der Waals surface area (Å²) in [5.74, 6) is -0.208. The lowest BCUT2D eigenvalue weighted by Gasteiger charge is -2.17. The number of nitrogens with zero attached hydrogens (tertiary/aromatic N) is 1. The maximum atomic E-state index is 12.1. The molecule has 5 nitrogen and oxygen atoms in total. The third-order valence-electron chi connectivity index (χ3n) is 2.75. The Labute approximate surface area is 114 Å². The summed E-state index contributed by atoms with van der Waals surface area (Å²) in [6.07, 6.45) is 1.88. The number of amides is 1. The van der Waals surface area contributed by atoms with E-state index < -0.39 is 9.84 Å². The summed E-state index contributed by atoms with van der Waals surface area (Å²) in [6, 6.07) is 7.24. The summed E-state index contributed by atoms with van der Waals surface area (Å²) >= 11 is 0. The second-order valence-electron chi connectivity index (χ2n) is 4.60. The van der Waals surface area contributed by atoms with E-state index in [2.05, 4.69) is 0 Å². The molecule has 0 saturated heterocycles. The summed E-state index contributed by atoms with van der Waals surface area (Å²) < 4.78 is 22.2. The highest BCUT2D eigenvalue weighted by molar-refractivity contribution is 7.90. The van der Waals surface area contributed by atoms with E-state index in [0.717, 1.165) is 11.8 Å². The van der Waals surface area contributed by atoms with Gasteiger partial charge in [0.1, 0.15) is 9.84 Å². The van der Waals surface area contributed by atoms with Crippen molar-refractivity contribution in [2.75, 3.05) is 32.1 Å². The maximum absolute atomic E-state index is 12.1. The molecule has 1 aromatic carbocycles. The van der Waals surface area contributed by atoms with Crippen LogP contribution in [0.4, 0.5) is 0 Å². The van der Waals surface area contributed by atoms with Gasteiger partial charge >= 0.3 is 0 Å². The minimum Gasteiger partial charge on any atom is -0.341 e. The van der Waals surface area contributed by atoms with E-state index in [-0.39, 0.29) is 18.2 Å². The highest BCUT2D eigenvalue weighted by Crippen LogP contribution is 2.08. The van der Waals surface area contributed by atoms with Crippen LogP contribution in [0.5, 0.6) is 0 Å². The first-order chi connectivity index (χ1) is 8.83. The van der Waals surface area contributed by atoms with Crippen LogP contribution in [0.25, 0.3) is 0 Å². The molecule has 0 aliphatic carbocycles. The molecule has 1 amide bonds. The van der Waals surface area contributed by atoms with Crippen LogP contribution in [0.1, 0.15) is 15.9 Å². The second kappa shape index (κ2) is 6.68. The minimum absolute atomic E-state index is 0.0300. The Hall–Kier alpha value is -1.40. The zero-order chi connectivity index (χ0) is 14.5. The lowest BCUT2D eigenvalue weighted by Crippen LogP contribution is -2.31. The number of carbonyl (C=O) groups excluding carboxylic acids is 1. The Morgan fingerprint density at radius 3 is 2.63 bits per heavy atom. The lowest BCUT2D eigenvalue weighted by molar-refractivity contribution is 0.0803.